The van der Waals surface area contributed by atoms with Crippen molar-refractivity contribution in [3.63, 3.8) is 0 Å². The molecule has 6 heteroatoms. The molecule has 0 aliphatic heterocycles. The molecule has 0 radical (unpaired) electrons. The van der Waals surface area contributed by atoms with Gasteiger partial charge in [-0.2, -0.15) is 0 Å². The summed E-state index contributed by atoms with van der Waals surface area (Å²) in [7, 11) is 0. The Kier molecular flexibility index (Phi) is 4.55. The number of benzene rings is 1. The zero-order valence-corrected chi connectivity index (χ0v) is 12.7. The molecule has 0 aromatic heterocycles. The molecule has 0 heterocycles. The lowest BCUT2D eigenvalue weighted by molar-refractivity contribution is -0.148. The Balaban J connectivity index is 1.92. The Morgan fingerprint density at radius 2 is 2.05 bits per heavy atom. The minimum absolute atomic E-state index is 0.0612. The average Bonchev–Trinajstić information content (AvgIpc) is 3.13. The zero-order chi connectivity index (χ0) is 14.9. The number of hydrogen-bond donors (Lipinski definition) is 1. The van der Waals surface area contributed by atoms with Crippen molar-refractivity contribution in [1.82, 2.24) is 0 Å². The van der Waals surface area contributed by atoms with E-state index >= 15 is 0 Å². The predicted octanol–water partition coefficient (Wildman–Crippen LogP) is 3.44. The fraction of sp³-hybridized carbons (Fsp3) is 0.429. The summed E-state index contributed by atoms with van der Waals surface area (Å²) in [6.07, 6.45) is 0.829. The summed E-state index contributed by atoms with van der Waals surface area (Å²) < 4.78 is 4.94. The van der Waals surface area contributed by atoms with Crippen LogP contribution >= 0.6 is 23.2 Å². The van der Waals surface area contributed by atoms with Crippen LogP contribution in [-0.2, 0) is 14.3 Å². The number of anilines is 1. The molecule has 1 aromatic rings. The first-order chi connectivity index (χ1) is 9.40. The molecule has 0 bridgehead atoms. The average molecular weight is 316 g/mol. The number of amides is 1. The van der Waals surface area contributed by atoms with Crippen LogP contribution in [0, 0.1) is 18.8 Å². The lowest BCUT2D eigenvalue weighted by Gasteiger charge is -2.11. The van der Waals surface area contributed by atoms with Crippen molar-refractivity contribution in [1.29, 1.82) is 0 Å². The highest BCUT2D eigenvalue weighted by Gasteiger charge is 2.40. The molecule has 108 valence electrons. The Labute approximate surface area is 127 Å². The Morgan fingerprint density at radius 1 is 1.40 bits per heavy atom. The molecular formula is C14H15Cl2NO3. The van der Waals surface area contributed by atoms with Crippen LogP contribution < -0.4 is 5.32 Å². The largest absolute Gasteiger partial charge is 0.455 e. The highest BCUT2D eigenvalue weighted by Crippen LogP contribution is 2.38. The van der Waals surface area contributed by atoms with Crippen molar-refractivity contribution in [3.8, 4) is 0 Å². The second-order valence-corrected chi connectivity index (χ2v) is 5.81. The fourth-order valence-corrected chi connectivity index (χ4v) is 2.31. The molecule has 2 atom stereocenters. The molecule has 1 fully saturated rings. The molecule has 0 spiro atoms. The number of rotatable bonds is 4. The van der Waals surface area contributed by atoms with E-state index < -0.39 is 5.91 Å². The normalized spacial score (nSPS) is 20.4. The number of halogens is 2. The minimum Gasteiger partial charge on any atom is -0.455 e. The minimum atomic E-state index is -0.457. The summed E-state index contributed by atoms with van der Waals surface area (Å²) in [4.78, 5) is 23.3. The highest BCUT2D eigenvalue weighted by molar-refractivity contribution is 6.40. The van der Waals surface area contributed by atoms with Gasteiger partial charge < -0.3 is 10.1 Å². The second-order valence-electron chi connectivity index (χ2n) is 5.03. The lowest BCUT2D eigenvalue weighted by Crippen LogP contribution is -2.22. The summed E-state index contributed by atoms with van der Waals surface area (Å²) in [5.41, 5.74) is 1.14. The van der Waals surface area contributed by atoms with Gasteiger partial charge >= 0.3 is 5.97 Å². The number of esters is 1. The smallest absolute Gasteiger partial charge is 0.309 e. The van der Waals surface area contributed by atoms with E-state index in [1.165, 1.54) is 0 Å². The van der Waals surface area contributed by atoms with Crippen LogP contribution in [0.2, 0.25) is 10.0 Å². The van der Waals surface area contributed by atoms with Gasteiger partial charge in [0.2, 0.25) is 0 Å². The summed E-state index contributed by atoms with van der Waals surface area (Å²) in [5.74, 6) is -0.490. The molecule has 1 aromatic carbocycles. The topological polar surface area (TPSA) is 55.4 Å². The molecule has 1 amide bonds. The van der Waals surface area contributed by atoms with Gasteiger partial charge in [0, 0.05) is 0 Å². The van der Waals surface area contributed by atoms with Gasteiger partial charge in [-0.05, 0) is 30.9 Å². The first-order valence-electron chi connectivity index (χ1n) is 6.31. The van der Waals surface area contributed by atoms with Gasteiger partial charge in [-0.25, -0.2) is 0 Å². The van der Waals surface area contributed by atoms with E-state index in [9.17, 15) is 9.59 Å². The molecular weight excluding hydrogens is 301 g/mol. The van der Waals surface area contributed by atoms with Crippen LogP contribution in [0.25, 0.3) is 0 Å². The molecule has 1 saturated carbocycles. The van der Waals surface area contributed by atoms with Crippen molar-refractivity contribution in [2.75, 3.05) is 11.9 Å². The van der Waals surface area contributed by atoms with Gasteiger partial charge in [-0.3, -0.25) is 9.59 Å². The van der Waals surface area contributed by atoms with Crippen molar-refractivity contribution >= 4 is 40.8 Å². The standard InChI is InChI=1S/C14H15Cl2NO3/c1-7-3-4-10(15)13(12(7)16)17-11(18)6-20-14(19)9-5-8(9)2/h3-4,8-9H,5-6H2,1-2H3,(H,17,18)/t8-,9-/m1/s1. The maximum atomic E-state index is 11.8. The van der Waals surface area contributed by atoms with E-state index in [0.29, 0.717) is 21.7 Å². The molecule has 0 unspecified atom stereocenters. The van der Waals surface area contributed by atoms with Crippen molar-refractivity contribution in [2.45, 2.75) is 20.3 Å². The monoisotopic (exact) mass is 315 g/mol. The number of carbonyl (C=O) groups is 2. The number of carbonyl (C=O) groups excluding carboxylic acids is 2. The van der Waals surface area contributed by atoms with Gasteiger partial charge in [0.15, 0.2) is 6.61 Å². The number of ether oxygens (including phenoxy) is 1. The quantitative estimate of drug-likeness (QED) is 0.866. The van der Waals surface area contributed by atoms with Gasteiger partial charge in [0.1, 0.15) is 0 Å². The maximum Gasteiger partial charge on any atom is 0.309 e. The number of hydrogen-bond acceptors (Lipinski definition) is 3. The first-order valence-corrected chi connectivity index (χ1v) is 7.07. The van der Waals surface area contributed by atoms with Crippen LogP contribution in [0.5, 0.6) is 0 Å². The van der Waals surface area contributed by atoms with Crippen molar-refractivity contribution < 1.29 is 14.3 Å². The lowest BCUT2D eigenvalue weighted by atomic mass is 10.2. The van der Waals surface area contributed by atoms with E-state index in [2.05, 4.69) is 5.32 Å². The number of nitrogens with one attached hydrogen (secondary N) is 1. The van der Waals surface area contributed by atoms with Crippen molar-refractivity contribution in [3.05, 3.63) is 27.7 Å². The van der Waals surface area contributed by atoms with E-state index in [-0.39, 0.29) is 18.5 Å². The molecule has 4 nitrogen and oxygen atoms in total. The van der Waals surface area contributed by atoms with E-state index in [1.807, 2.05) is 13.8 Å². The Morgan fingerprint density at radius 3 is 2.65 bits per heavy atom. The molecule has 20 heavy (non-hydrogen) atoms. The van der Waals surface area contributed by atoms with Crippen LogP contribution in [-0.4, -0.2) is 18.5 Å². The van der Waals surface area contributed by atoms with E-state index in [4.69, 9.17) is 27.9 Å². The Bertz CT molecular complexity index is 560. The molecule has 1 aliphatic rings. The summed E-state index contributed by atoms with van der Waals surface area (Å²) in [6, 6.07) is 3.41. The SMILES string of the molecule is Cc1ccc(Cl)c(NC(=O)COC(=O)[C@@H]2C[C@H]2C)c1Cl. The maximum absolute atomic E-state index is 11.8. The summed E-state index contributed by atoms with van der Waals surface area (Å²) in [6.45, 7) is 3.45. The molecule has 1 N–H and O–H groups in total. The highest BCUT2D eigenvalue weighted by atomic mass is 35.5. The van der Waals surface area contributed by atoms with E-state index in [0.717, 1.165) is 12.0 Å². The zero-order valence-electron chi connectivity index (χ0n) is 11.2. The number of aryl methyl sites for hydroxylation is 1. The third kappa shape index (κ3) is 3.44. The first kappa shape index (κ1) is 15.1. The van der Waals surface area contributed by atoms with Crippen LogP contribution in [0.3, 0.4) is 0 Å². The van der Waals surface area contributed by atoms with Gasteiger partial charge in [0.25, 0.3) is 5.91 Å². The third-order valence-corrected chi connectivity index (χ3v) is 4.11. The molecule has 1 aliphatic carbocycles. The van der Waals surface area contributed by atoms with Gasteiger partial charge in [0.05, 0.1) is 21.7 Å². The Hall–Kier alpha value is -1.26. The van der Waals surface area contributed by atoms with Crippen molar-refractivity contribution in [2.24, 2.45) is 11.8 Å². The van der Waals surface area contributed by atoms with Crippen LogP contribution in [0.15, 0.2) is 12.1 Å². The fourth-order valence-electron chi connectivity index (χ4n) is 1.84. The molecule has 0 saturated heterocycles. The third-order valence-electron chi connectivity index (χ3n) is 3.31. The predicted molar refractivity (Wildman–Crippen MR) is 78.1 cm³/mol. The van der Waals surface area contributed by atoms with Gasteiger partial charge in [-0.1, -0.05) is 36.2 Å². The molecule has 2 rings (SSSR count). The van der Waals surface area contributed by atoms with Crippen LogP contribution in [0.4, 0.5) is 5.69 Å². The summed E-state index contributed by atoms with van der Waals surface area (Å²) >= 11 is 12.1. The van der Waals surface area contributed by atoms with E-state index in [1.54, 1.807) is 12.1 Å². The van der Waals surface area contributed by atoms with Gasteiger partial charge in [-0.15, -0.1) is 0 Å². The second kappa shape index (κ2) is 6.02. The van der Waals surface area contributed by atoms with Crippen LogP contribution in [0.1, 0.15) is 18.9 Å². The summed E-state index contributed by atoms with van der Waals surface area (Å²) in [5, 5.41) is 3.29.